The second-order valence-corrected chi connectivity index (χ2v) is 3.93. The number of hydrogen-bond acceptors (Lipinski definition) is 4. The lowest BCUT2D eigenvalue weighted by molar-refractivity contribution is -0.122. The summed E-state index contributed by atoms with van der Waals surface area (Å²) in [5, 5.41) is 5.94. The van der Waals surface area contributed by atoms with Gasteiger partial charge in [0.15, 0.2) is 0 Å². The van der Waals surface area contributed by atoms with Crippen LogP contribution in [0.1, 0.15) is 26.7 Å². The average molecular weight is 246 g/mol. The van der Waals surface area contributed by atoms with Crippen LogP contribution in [0.25, 0.3) is 0 Å². The van der Waals surface area contributed by atoms with Gasteiger partial charge in [-0.1, -0.05) is 6.92 Å². The molecule has 0 fully saturated rings. The molecule has 102 valence electrons. The molecule has 0 rings (SSSR count). The molecule has 5 heteroatoms. The molecule has 0 bridgehead atoms. The van der Waals surface area contributed by atoms with Crippen LogP contribution in [0.5, 0.6) is 0 Å². The Bertz CT molecular complexity index is 189. The van der Waals surface area contributed by atoms with E-state index in [4.69, 9.17) is 9.47 Å². The molecular formula is C12H26N2O3. The van der Waals surface area contributed by atoms with Gasteiger partial charge in [-0.2, -0.15) is 0 Å². The molecule has 5 nitrogen and oxygen atoms in total. The summed E-state index contributed by atoms with van der Waals surface area (Å²) < 4.78 is 10.2. The fourth-order valence-corrected chi connectivity index (χ4v) is 1.26. The molecule has 0 aromatic carbocycles. The summed E-state index contributed by atoms with van der Waals surface area (Å²) in [6.45, 7) is 7.40. The minimum atomic E-state index is -0.168. The summed E-state index contributed by atoms with van der Waals surface area (Å²) in [7, 11) is 1.62. The highest BCUT2D eigenvalue weighted by Crippen LogP contribution is 1.87. The normalized spacial score (nSPS) is 12.4. The summed E-state index contributed by atoms with van der Waals surface area (Å²) in [6, 6.07) is -0.168. The van der Waals surface area contributed by atoms with Crippen molar-refractivity contribution in [2.24, 2.45) is 0 Å². The molecule has 0 radical (unpaired) electrons. The molecule has 0 saturated carbocycles. The van der Waals surface area contributed by atoms with E-state index in [9.17, 15) is 4.79 Å². The van der Waals surface area contributed by atoms with Crippen LogP contribution in [-0.2, 0) is 14.3 Å². The van der Waals surface area contributed by atoms with Crippen molar-refractivity contribution in [3.8, 4) is 0 Å². The molecule has 1 atom stereocenters. The molecular weight excluding hydrogens is 220 g/mol. The lowest BCUT2D eigenvalue weighted by atomic mass is 10.3. The third-order valence-corrected chi connectivity index (χ3v) is 2.26. The Morgan fingerprint density at radius 1 is 1.24 bits per heavy atom. The Labute approximate surface area is 104 Å². The van der Waals surface area contributed by atoms with Gasteiger partial charge in [0.1, 0.15) is 0 Å². The average Bonchev–Trinajstić information content (AvgIpc) is 2.33. The van der Waals surface area contributed by atoms with Crippen molar-refractivity contribution in [3.63, 3.8) is 0 Å². The third-order valence-electron chi connectivity index (χ3n) is 2.26. The van der Waals surface area contributed by atoms with Crippen molar-refractivity contribution >= 4 is 5.91 Å². The van der Waals surface area contributed by atoms with Crippen LogP contribution in [0.4, 0.5) is 0 Å². The Kier molecular flexibility index (Phi) is 11.4. The zero-order valence-electron chi connectivity index (χ0n) is 11.3. The van der Waals surface area contributed by atoms with Crippen LogP contribution in [0.2, 0.25) is 0 Å². The van der Waals surface area contributed by atoms with E-state index in [2.05, 4.69) is 17.6 Å². The minimum Gasteiger partial charge on any atom is -0.383 e. The lowest BCUT2D eigenvalue weighted by Gasteiger charge is -2.13. The molecule has 0 aliphatic heterocycles. The van der Waals surface area contributed by atoms with Gasteiger partial charge in [-0.15, -0.1) is 0 Å². The first-order chi connectivity index (χ1) is 8.22. The topological polar surface area (TPSA) is 59.6 Å². The smallest absolute Gasteiger partial charge is 0.236 e. The maximum atomic E-state index is 11.5. The van der Waals surface area contributed by atoms with Gasteiger partial charge < -0.3 is 20.1 Å². The van der Waals surface area contributed by atoms with E-state index in [0.29, 0.717) is 13.2 Å². The number of ether oxygens (including phenoxy) is 2. The monoisotopic (exact) mass is 246 g/mol. The van der Waals surface area contributed by atoms with Crippen molar-refractivity contribution in [2.75, 3.05) is 40.0 Å². The number of carbonyl (C=O) groups is 1. The molecule has 0 aromatic heterocycles. The minimum absolute atomic E-state index is 0.0107. The summed E-state index contributed by atoms with van der Waals surface area (Å²) in [5.74, 6) is 0.0107. The van der Waals surface area contributed by atoms with Crippen molar-refractivity contribution in [1.82, 2.24) is 10.6 Å². The van der Waals surface area contributed by atoms with Crippen LogP contribution in [-0.4, -0.2) is 52.0 Å². The van der Waals surface area contributed by atoms with E-state index in [0.717, 1.165) is 32.6 Å². The van der Waals surface area contributed by atoms with Crippen LogP contribution in [0.3, 0.4) is 0 Å². The van der Waals surface area contributed by atoms with Gasteiger partial charge in [0.25, 0.3) is 0 Å². The molecule has 0 spiro atoms. The fourth-order valence-electron chi connectivity index (χ4n) is 1.26. The van der Waals surface area contributed by atoms with Crippen molar-refractivity contribution < 1.29 is 14.3 Å². The highest BCUT2D eigenvalue weighted by Gasteiger charge is 2.10. The molecule has 1 amide bonds. The molecule has 1 unspecified atom stereocenters. The zero-order valence-corrected chi connectivity index (χ0v) is 11.3. The van der Waals surface area contributed by atoms with E-state index >= 15 is 0 Å². The second kappa shape index (κ2) is 11.8. The summed E-state index contributed by atoms with van der Waals surface area (Å²) in [5.41, 5.74) is 0. The molecule has 0 aliphatic rings. The van der Waals surface area contributed by atoms with Crippen molar-refractivity contribution in [2.45, 2.75) is 32.7 Å². The number of nitrogens with one attached hydrogen (secondary N) is 2. The summed E-state index contributed by atoms with van der Waals surface area (Å²) in [6.07, 6.45) is 1.97. The fraction of sp³-hybridized carbons (Fsp3) is 0.917. The highest BCUT2D eigenvalue weighted by atomic mass is 16.5. The standard InChI is InChI=1S/C12H26N2O3/c1-4-8-17-9-5-6-13-11(2)12(15)14-7-10-16-3/h11,13H,4-10H2,1-3H3,(H,14,15). The molecule has 0 aromatic rings. The SMILES string of the molecule is CCCOCCCNC(C)C(=O)NCCOC. The molecule has 0 heterocycles. The van der Waals surface area contributed by atoms with Gasteiger partial charge >= 0.3 is 0 Å². The predicted octanol–water partition coefficient (Wildman–Crippen LogP) is 0.544. The van der Waals surface area contributed by atoms with E-state index < -0.39 is 0 Å². The van der Waals surface area contributed by atoms with E-state index in [-0.39, 0.29) is 11.9 Å². The molecule has 2 N–H and O–H groups in total. The Hall–Kier alpha value is -0.650. The Morgan fingerprint density at radius 3 is 2.65 bits per heavy atom. The maximum Gasteiger partial charge on any atom is 0.236 e. The summed E-state index contributed by atoms with van der Waals surface area (Å²) in [4.78, 5) is 11.5. The molecule has 0 saturated heterocycles. The number of hydrogen-bond donors (Lipinski definition) is 2. The zero-order chi connectivity index (χ0) is 12.9. The Balaban J connectivity index is 3.37. The van der Waals surface area contributed by atoms with Crippen LogP contribution < -0.4 is 10.6 Å². The third kappa shape index (κ3) is 10.2. The first-order valence-electron chi connectivity index (χ1n) is 6.30. The van der Waals surface area contributed by atoms with Gasteiger partial charge in [-0.05, 0) is 26.3 Å². The first kappa shape index (κ1) is 16.4. The van der Waals surface area contributed by atoms with Gasteiger partial charge in [0.05, 0.1) is 12.6 Å². The Morgan fingerprint density at radius 2 is 2.00 bits per heavy atom. The van der Waals surface area contributed by atoms with E-state index in [1.54, 1.807) is 7.11 Å². The van der Waals surface area contributed by atoms with Crippen molar-refractivity contribution in [1.29, 1.82) is 0 Å². The van der Waals surface area contributed by atoms with Crippen LogP contribution >= 0.6 is 0 Å². The number of carbonyl (C=O) groups excluding carboxylic acids is 1. The predicted molar refractivity (Wildman–Crippen MR) is 68.1 cm³/mol. The first-order valence-corrected chi connectivity index (χ1v) is 6.30. The van der Waals surface area contributed by atoms with Gasteiger partial charge in [0, 0.05) is 26.9 Å². The number of amides is 1. The molecule has 0 aliphatic carbocycles. The molecule has 17 heavy (non-hydrogen) atoms. The highest BCUT2D eigenvalue weighted by molar-refractivity contribution is 5.81. The number of rotatable bonds is 11. The van der Waals surface area contributed by atoms with E-state index in [1.807, 2.05) is 6.92 Å². The lowest BCUT2D eigenvalue weighted by Crippen LogP contribution is -2.43. The quantitative estimate of drug-likeness (QED) is 0.523. The second-order valence-electron chi connectivity index (χ2n) is 3.93. The summed E-state index contributed by atoms with van der Waals surface area (Å²) >= 11 is 0. The van der Waals surface area contributed by atoms with Crippen LogP contribution in [0, 0.1) is 0 Å². The number of methoxy groups -OCH3 is 1. The maximum absolute atomic E-state index is 11.5. The van der Waals surface area contributed by atoms with Gasteiger partial charge in [0.2, 0.25) is 5.91 Å². The van der Waals surface area contributed by atoms with Crippen molar-refractivity contribution in [3.05, 3.63) is 0 Å². The van der Waals surface area contributed by atoms with Gasteiger partial charge in [-0.3, -0.25) is 4.79 Å². The van der Waals surface area contributed by atoms with Crippen LogP contribution in [0.15, 0.2) is 0 Å². The van der Waals surface area contributed by atoms with E-state index in [1.165, 1.54) is 0 Å². The van der Waals surface area contributed by atoms with Gasteiger partial charge in [-0.25, -0.2) is 0 Å². The largest absolute Gasteiger partial charge is 0.383 e.